The Kier molecular flexibility index (Phi) is 5.62. The molecule has 0 bridgehead atoms. The molecule has 0 saturated carbocycles. The van der Waals surface area contributed by atoms with Crippen LogP contribution in [0.15, 0.2) is 72.1 Å². The number of nitrogens with one attached hydrogen (secondary N) is 2. The second kappa shape index (κ2) is 8.08. The standard InChI is InChI=1S/C20H20N2S2/c1-15(22-20(23)21-14-19-8-5-13-24-19)16-9-11-18(12-10-16)17-6-3-2-4-7-17/h2-13,15H,14H2,1H3,(H2,21,22,23). The Morgan fingerprint density at radius 3 is 2.33 bits per heavy atom. The second-order valence-corrected chi connectivity index (χ2v) is 7.06. The molecule has 2 nitrogen and oxygen atoms in total. The minimum atomic E-state index is 0.165. The molecule has 0 saturated heterocycles. The molecular formula is C20H20N2S2. The molecule has 24 heavy (non-hydrogen) atoms. The van der Waals surface area contributed by atoms with Crippen LogP contribution in [0.4, 0.5) is 0 Å². The monoisotopic (exact) mass is 352 g/mol. The van der Waals surface area contributed by atoms with Crippen LogP contribution in [0.5, 0.6) is 0 Å². The average Bonchev–Trinajstić information content (AvgIpc) is 3.14. The zero-order valence-electron chi connectivity index (χ0n) is 13.5. The number of rotatable bonds is 5. The molecule has 1 unspecified atom stereocenters. The van der Waals surface area contributed by atoms with Crippen LogP contribution in [0.25, 0.3) is 11.1 Å². The van der Waals surface area contributed by atoms with Gasteiger partial charge >= 0.3 is 0 Å². The number of benzene rings is 2. The summed E-state index contributed by atoms with van der Waals surface area (Å²) in [5.41, 5.74) is 3.68. The molecule has 2 N–H and O–H groups in total. The quantitative estimate of drug-likeness (QED) is 0.622. The van der Waals surface area contributed by atoms with E-state index >= 15 is 0 Å². The molecule has 3 rings (SSSR count). The van der Waals surface area contributed by atoms with E-state index in [4.69, 9.17) is 12.2 Å². The number of thiocarbonyl (C=S) groups is 1. The van der Waals surface area contributed by atoms with Gasteiger partial charge in [-0.3, -0.25) is 0 Å². The Hall–Kier alpha value is -2.17. The summed E-state index contributed by atoms with van der Waals surface area (Å²) in [5, 5.41) is 9.35. The van der Waals surface area contributed by atoms with Crippen molar-refractivity contribution in [3.05, 3.63) is 82.6 Å². The van der Waals surface area contributed by atoms with Crippen molar-refractivity contribution in [1.82, 2.24) is 10.6 Å². The first-order valence-electron chi connectivity index (χ1n) is 7.94. The van der Waals surface area contributed by atoms with Crippen molar-refractivity contribution in [3.63, 3.8) is 0 Å². The van der Waals surface area contributed by atoms with Gasteiger partial charge < -0.3 is 10.6 Å². The lowest BCUT2D eigenvalue weighted by molar-refractivity contribution is 0.699. The van der Waals surface area contributed by atoms with Crippen molar-refractivity contribution in [2.45, 2.75) is 19.5 Å². The third-order valence-electron chi connectivity index (χ3n) is 3.87. The van der Waals surface area contributed by atoms with E-state index in [1.165, 1.54) is 21.6 Å². The molecule has 0 fully saturated rings. The van der Waals surface area contributed by atoms with Crippen molar-refractivity contribution in [2.75, 3.05) is 0 Å². The molecule has 0 spiro atoms. The zero-order chi connectivity index (χ0) is 16.8. The number of hydrogen-bond acceptors (Lipinski definition) is 2. The van der Waals surface area contributed by atoms with E-state index in [1.54, 1.807) is 11.3 Å². The molecule has 4 heteroatoms. The normalized spacial score (nSPS) is 11.7. The van der Waals surface area contributed by atoms with Gasteiger partial charge in [0.05, 0.1) is 12.6 Å². The van der Waals surface area contributed by atoms with E-state index in [0.29, 0.717) is 5.11 Å². The lowest BCUT2D eigenvalue weighted by Gasteiger charge is -2.17. The lowest BCUT2D eigenvalue weighted by Crippen LogP contribution is -2.36. The van der Waals surface area contributed by atoms with Gasteiger partial charge in [0.15, 0.2) is 5.11 Å². The Morgan fingerprint density at radius 2 is 1.67 bits per heavy atom. The highest BCUT2D eigenvalue weighted by Crippen LogP contribution is 2.21. The highest BCUT2D eigenvalue weighted by molar-refractivity contribution is 7.80. The maximum absolute atomic E-state index is 5.39. The third-order valence-corrected chi connectivity index (χ3v) is 5.01. The van der Waals surface area contributed by atoms with Crippen LogP contribution >= 0.6 is 23.6 Å². The molecule has 0 amide bonds. The van der Waals surface area contributed by atoms with Crippen molar-refractivity contribution >= 4 is 28.7 Å². The van der Waals surface area contributed by atoms with E-state index in [0.717, 1.165) is 6.54 Å². The summed E-state index contributed by atoms with van der Waals surface area (Å²) in [5.74, 6) is 0. The molecular weight excluding hydrogens is 332 g/mol. The molecule has 0 aliphatic carbocycles. The van der Waals surface area contributed by atoms with Crippen LogP contribution in [0.1, 0.15) is 23.4 Å². The van der Waals surface area contributed by atoms with Gasteiger partial charge in [-0.2, -0.15) is 0 Å². The summed E-state index contributed by atoms with van der Waals surface area (Å²) >= 11 is 7.12. The van der Waals surface area contributed by atoms with Crippen molar-refractivity contribution in [3.8, 4) is 11.1 Å². The van der Waals surface area contributed by atoms with Crippen LogP contribution < -0.4 is 10.6 Å². The van der Waals surface area contributed by atoms with E-state index < -0.39 is 0 Å². The van der Waals surface area contributed by atoms with Gasteiger partial charge in [-0.15, -0.1) is 11.3 Å². The molecule has 1 atom stereocenters. The Balaban J connectivity index is 1.56. The minimum absolute atomic E-state index is 0.165. The van der Waals surface area contributed by atoms with E-state index in [2.05, 4.69) is 83.6 Å². The molecule has 1 heterocycles. The fraction of sp³-hybridized carbons (Fsp3) is 0.150. The predicted octanol–water partition coefficient (Wildman–Crippen LogP) is 5.14. The zero-order valence-corrected chi connectivity index (χ0v) is 15.2. The number of hydrogen-bond donors (Lipinski definition) is 2. The van der Waals surface area contributed by atoms with E-state index in [9.17, 15) is 0 Å². The molecule has 1 aromatic heterocycles. The van der Waals surface area contributed by atoms with Crippen molar-refractivity contribution in [2.24, 2.45) is 0 Å². The molecule has 0 radical (unpaired) electrons. The minimum Gasteiger partial charge on any atom is -0.358 e. The molecule has 0 aliphatic heterocycles. The average molecular weight is 353 g/mol. The summed E-state index contributed by atoms with van der Waals surface area (Å²) in [7, 11) is 0. The maximum atomic E-state index is 5.39. The first-order valence-corrected chi connectivity index (χ1v) is 9.23. The first-order chi connectivity index (χ1) is 11.7. The molecule has 122 valence electrons. The topological polar surface area (TPSA) is 24.1 Å². The van der Waals surface area contributed by atoms with Gasteiger partial charge in [-0.25, -0.2) is 0 Å². The van der Waals surface area contributed by atoms with Gasteiger partial charge in [-0.05, 0) is 47.3 Å². The van der Waals surface area contributed by atoms with Crippen LogP contribution in [0.3, 0.4) is 0 Å². The van der Waals surface area contributed by atoms with Crippen LogP contribution in [-0.2, 0) is 6.54 Å². The summed E-state index contributed by atoms with van der Waals surface area (Å²) in [6, 6.07) is 23.4. The lowest BCUT2D eigenvalue weighted by atomic mass is 10.0. The van der Waals surface area contributed by atoms with E-state index in [-0.39, 0.29) is 6.04 Å². The Labute approximate surface area is 152 Å². The van der Waals surface area contributed by atoms with E-state index in [1.807, 2.05) is 6.07 Å². The van der Waals surface area contributed by atoms with Crippen LogP contribution in [-0.4, -0.2) is 5.11 Å². The summed E-state index contributed by atoms with van der Waals surface area (Å²) in [4.78, 5) is 1.28. The Morgan fingerprint density at radius 1 is 0.958 bits per heavy atom. The van der Waals surface area contributed by atoms with Gasteiger partial charge in [-0.1, -0.05) is 60.7 Å². The van der Waals surface area contributed by atoms with Crippen LogP contribution in [0, 0.1) is 0 Å². The summed E-state index contributed by atoms with van der Waals surface area (Å²) in [6.07, 6.45) is 0. The Bertz CT molecular complexity index is 765. The largest absolute Gasteiger partial charge is 0.358 e. The molecule has 0 aliphatic rings. The second-order valence-electron chi connectivity index (χ2n) is 5.62. The van der Waals surface area contributed by atoms with Crippen molar-refractivity contribution in [1.29, 1.82) is 0 Å². The molecule has 3 aromatic rings. The van der Waals surface area contributed by atoms with Crippen molar-refractivity contribution < 1.29 is 0 Å². The smallest absolute Gasteiger partial charge is 0.167 e. The van der Waals surface area contributed by atoms with Gasteiger partial charge in [0.1, 0.15) is 0 Å². The fourth-order valence-electron chi connectivity index (χ4n) is 2.51. The number of thiophene rings is 1. The first kappa shape index (κ1) is 16.7. The fourth-order valence-corrected chi connectivity index (χ4v) is 3.40. The highest BCUT2D eigenvalue weighted by Gasteiger charge is 2.07. The van der Waals surface area contributed by atoms with Crippen LogP contribution in [0.2, 0.25) is 0 Å². The van der Waals surface area contributed by atoms with Gasteiger partial charge in [0, 0.05) is 4.88 Å². The third kappa shape index (κ3) is 4.43. The highest BCUT2D eigenvalue weighted by atomic mass is 32.1. The summed E-state index contributed by atoms with van der Waals surface area (Å²) in [6.45, 7) is 2.89. The summed E-state index contributed by atoms with van der Waals surface area (Å²) < 4.78 is 0. The SMILES string of the molecule is CC(NC(=S)NCc1cccs1)c1ccc(-c2ccccc2)cc1. The predicted molar refractivity (Wildman–Crippen MR) is 107 cm³/mol. The maximum Gasteiger partial charge on any atom is 0.167 e. The van der Waals surface area contributed by atoms with Gasteiger partial charge in [0.2, 0.25) is 0 Å². The molecule has 2 aromatic carbocycles. The van der Waals surface area contributed by atoms with Gasteiger partial charge in [0.25, 0.3) is 0 Å².